The maximum absolute atomic E-state index is 12.5. The zero-order valence-electron chi connectivity index (χ0n) is 14.6. The topological polar surface area (TPSA) is 49.4 Å². The average Bonchev–Trinajstić information content (AvgIpc) is 2.95. The molecular weight excluding hydrogens is 336 g/mol. The Bertz CT molecular complexity index is 848. The minimum Gasteiger partial charge on any atom is -0.326 e. The number of benzene rings is 2. The predicted molar refractivity (Wildman–Crippen MR) is 101 cm³/mol. The van der Waals surface area contributed by atoms with Crippen LogP contribution in [0.5, 0.6) is 0 Å². The Hall–Kier alpha value is -2.33. The third-order valence-corrected chi connectivity index (χ3v) is 5.14. The van der Waals surface area contributed by atoms with Crippen LogP contribution in [0.2, 0.25) is 5.02 Å². The van der Waals surface area contributed by atoms with Gasteiger partial charge >= 0.3 is 0 Å². The van der Waals surface area contributed by atoms with Crippen molar-refractivity contribution in [1.82, 2.24) is 0 Å². The number of hydrogen-bond donors (Lipinski definition) is 1. The van der Waals surface area contributed by atoms with E-state index in [0.717, 1.165) is 16.8 Å². The fraction of sp³-hybridized carbons (Fsp3) is 0.300. The molecule has 1 saturated heterocycles. The van der Waals surface area contributed by atoms with Crippen molar-refractivity contribution in [3.63, 3.8) is 0 Å². The first-order valence-corrected chi connectivity index (χ1v) is 8.67. The smallest absolute Gasteiger partial charge is 0.229 e. The van der Waals surface area contributed by atoms with Crippen LogP contribution >= 0.6 is 11.6 Å². The Balaban J connectivity index is 1.71. The summed E-state index contributed by atoms with van der Waals surface area (Å²) in [5.41, 5.74) is 4.77. The molecule has 1 heterocycles. The van der Waals surface area contributed by atoms with Crippen LogP contribution in [0.3, 0.4) is 0 Å². The van der Waals surface area contributed by atoms with Crippen LogP contribution in [-0.2, 0) is 9.59 Å². The summed E-state index contributed by atoms with van der Waals surface area (Å²) >= 11 is 6.10. The quantitative estimate of drug-likeness (QED) is 0.893. The molecule has 0 spiro atoms. The Labute approximate surface area is 152 Å². The number of halogens is 1. The molecular formula is C20H21ClN2O2. The van der Waals surface area contributed by atoms with Crippen molar-refractivity contribution in [1.29, 1.82) is 0 Å². The molecule has 1 N–H and O–H groups in total. The van der Waals surface area contributed by atoms with Gasteiger partial charge < -0.3 is 10.2 Å². The number of aryl methyl sites for hydroxylation is 3. The molecule has 1 fully saturated rings. The fourth-order valence-corrected chi connectivity index (χ4v) is 3.12. The van der Waals surface area contributed by atoms with E-state index in [1.54, 1.807) is 11.0 Å². The highest BCUT2D eigenvalue weighted by atomic mass is 35.5. The van der Waals surface area contributed by atoms with Gasteiger partial charge in [0.05, 0.1) is 5.92 Å². The molecule has 0 aliphatic carbocycles. The molecule has 1 unspecified atom stereocenters. The van der Waals surface area contributed by atoms with Crippen molar-refractivity contribution < 1.29 is 9.59 Å². The number of rotatable bonds is 3. The van der Waals surface area contributed by atoms with Crippen molar-refractivity contribution in [2.75, 3.05) is 16.8 Å². The molecule has 1 aliphatic heterocycles. The van der Waals surface area contributed by atoms with E-state index in [-0.39, 0.29) is 24.2 Å². The maximum Gasteiger partial charge on any atom is 0.229 e. The van der Waals surface area contributed by atoms with Crippen LogP contribution < -0.4 is 10.2 Å². The second-order valence-electron chi connectivity index (χ2n) is 6.63. The van der Waals surface area contributed by atoms with Crippen molar-refractivity contribution in [2.24, 2.45) is 5.92 Å². The maximum atomic E-state index is 12.5. The summed E-state index contributed by atoms with van der Waals surface area (Å²) in [7, 11) is 0. The minimum atomic E-state index is -0.366. The molecule has 2 aromatic rings. The summed E-state index contributed by atoms with van der Waals surface area (Å²) in [6.07, 6.45) is 0.221. The highest BCUT2D eigenvalue weighted by Crippen LogP contribution is 2.28. The van der Waals surface area contributed by atoms with E-state index in [0.29, 0.717) is 17.3 Å². The molecule has 4 nitrogen and oxygen atoms in total. The zero-order chi connectivity index (χ0) is 18.1. The van der Waals surface area contributed by atoms with Crippen LogP contribution in [-0.4, -0.2) is 18.4 Å². The van der Waals surface area contributed by atoms with E-state index in [4.69, 9.17) is 11.6 Å². The average molecular weight is 357 g/mol. The predicted octanol–water partition coefficient (Wildman–Crippen LogP) is 4.26. The number of nitrogens with one attached hydrogen (secondary N) is 1. The van der Waals surface area contributed by atoms with Crippen molar-refractivity contribution in [2.45, 2.75) is 27.2 Å². The van der Waals surface area contributed by atoms with Crippen LogP contribution in [0.25, 0.3) is 0 Å². The molecule has 2 aromatic carbocycles. The second kappa shape index (κ2) is 6.89. The third kappa shape index (κ3) is 3.69. The zero-order valence-corrected chi connectivity index (χ0v) is 15.4. The number of amides is 2. The molecule has 0 aromatic heterocycles. The molecule has 3 rings (SSSR count). The third-order valence-electron chi connectivity index (χ3n) is 4.74. The summed E-state index contributed by atoms with van der Waals surface area (Å²) < 4.78 is 0. The van der Waals surface area contributed by atoms with Gasteiger partial charge in [0.15, 0.2) is 0 Å². The molecule has 1 aliphatic rings. The van der Waals surface area contributed by atoms with E-state index in [2.05, 4.69) is 5.32 Å². The summed E-state index contributed by atoms with van der Waals surface area (Å²) in [6, 6.07) is 11.3. The number of anilines is 2. The molecule has 0 radical (unpaired) electrons. The Kier molecular flexibility index (Phi) is 4.82. The summed E-state index contributed by atoms with van der Waals surface area (Å²) in [4.78, 5) is 26.6. The fourth-order valence-electron chi connectivity index (χ4n) is 2.94. The first kappa shape index (κ1) is 17.5. The van der Waals surface area contributed by atoms with Crippen molar-refractivity contribution >= 4 is 34.8 Å². The number of carbonyl (C=O) groups excluding carboxylic acids is 2. The molecule has 1 atom stereocenters. The number of carbonyl (C=O) groups is 2. The Morgan fingerprint density at radius 2 is 1.80 bits per heavy atom. The van der Waals surface area contributed by atoms with Crippen LogP contribution in [0, 0.1) is 26.7 Å². The van der Waals surface area contributed by atoms with E-state index in [1.165, 1.54) is 5.56 Å². The van der Waals surface area contributed by atoms with Gasteiger partial charge in [0.1, 0.15) is 0 Å². The number of hydrogen-bond acceptors (Lipinski definition) is 2. The van der Waals surface area contributed by atoms with Crippen molar-refractivity contribution in [3.05, 3.63) is 58.1 Å². The first-order valence-electron chi connectivity index (χ1n) is 8.30. The lowest BCUT2D eigenvalue weighted by molar-refractivity contribution is -0.122. The summed E-state index contributed by atoms with van der Waals surface area (Å²) in [5.74, 6) is -0.542. The van der Waals surface area contributed by atoms with Gasteiger partial charge in [-0.1, -0.05) is 23.7 Å². The van der Waals surface area contributed by atoms with Gasteiger partial charge in [-0.2, -0.15) is 0 Å². The highest BCUT2D eigenvalue weighted by Gasteiger charge is 2.35. The lowest BCUT2D eigenvalue weighted by Gasteiger charge is -2.18. The first-order chi connectivity index (χ1) is 11.8. The minimum absolute atomic E-state index is 0.0228. The second-order valence-corrected chi connectivity index (χ2v) is 7.03. The van der Waals surface area contributed by atoms with E-state index >= 15 is 0 Å². The lowest BCUT2D eigenvalue weighted by atomic mass is 10.1. The van der Waals surface area contributed by atoms with Gasteiger partial charge in [-0.3, -0.25) is 9.59 Å². The van der Waals surface area contributed by atoms with Crippen molar-refractivity contribution in [3.8, 4) is 0 Å². The monoisotopic (exact) mass is 356 g/mol. The largest absolute Gasteiger partial charge is 0.326 e. The molecule has 130 valence electrons. The van der Waals surface area contributed by atoms with Gasteiger partial charge in [0.2, 0.25) is 11.8 Å². The van der Waals surface area contributed by atoms with Gasteiger partial charge in [-0.15, -0.1) is 0 Å². The van der Waals surface area contributed by atoms with Gasteiger partial charge in [-0.05, 0) is 61.7 Å². The SMILES string of the molecule is Cc1ccc(N2CC(C(=O)Nc3ccc(C)c(Cl)c3)CC2=O)cc1C. The summed E-state index contributed by atoms with van der Waals surface area (Å²) in [6.45, 7) is 6.36. The molecule has 2 amide bonds. The van der Waals surface area contributed by atoms with Gasteiger partial charge in [0, 0.05) is 29.4 Å². The van der Waals surface area contributed by atoms with E-state index < -0.39 is 0 Å². The Morgan fingerprint density at radius 3 is 2.48 bits per heavy atom. The van der Waals surface area contributed by atoms with Gasteiger partial charge in [0.25, 0.3) is 0 Å². The standard InChI is InChI=1S/C20H21ClN2O2/c1-12-5-7-17(8-14(12)3)23-11-15(9-19(23)24)20(25)22-16-6-4-13(2)18(21)10-16/h4-8,10,15H,9,11H2,1-3H3,(H,22,25). The number of nitrogens with zero attached hydrogens (tertiary/aromatic N) is 1. The molecule has 0 saturated carbocycles. The summed E-state index contributed by atoms with van der Waals surface area (Å²) in [5, 5.41) is 3.47. The van der Waals surface area contributed by atoms with E-state index in [1.807, 2.05) is 51.1 Å². The van der Waals surface area contributed by atoms with Gasteiger partial charge in [-0.25, -0.2) is 0 Å². The van der Waals surface area contributed by atoms with E-state index in [9.17, 15) is 9.59 Å². The van der Waals surface area contributed by atoms with Crippen LogP contribution in [0.15, 0.2) is 36.4 Å². The Morgan fingerprint density at radius 1 is 1.08 bits per heavy atom. The lowest BCUT2D eigenvalue weighted by Crippen LogP contribution is -2.28. The van der Waals surface area contributed by atoms with Crippen LogP contribution in [0.4, 0.5) is 11.4 Å². The normalized spacial score (nSPS) is 17.0. The molecule has 25 heavy (non-hydrogen) atoms. The molecule has 0 bridgehead atoms. The highest BCUT2D eigenvalue weighted by molar-refractivity contribution is 6.31. The molecule has 5 heteroatoms. The van der Waals surface area contributed by atoms with Crippen LogP contribution in [0.1, 0.15) is 23.1 Å².